The molecule has 0 saturated carbocycles. The van der Waals surface area contributed by atoms with E-state index in [1.807, 2.05) is 6.07 Å². The second-order valence-electron chi connectivity index (χ2n) is 5.35. The lowest BCUT2D eigenvalue weighted by Crippen LogP contribution is -2.00. The molecule has 0 unspecified atom stereocenters. The molecule has 7 nitrogen and oxygen atoms in total. The summed E-state index contributed by atoms with van der Waals surface area (Å²) in [6.07, 6.45) is 1.65. The minimum atomic E-state index is 0.181. The van der Waals surface area contributed by atoms with Gasteiger partial charge in [-0.05, 0) is 18.2 Å². The highest BCUT2D eigenvalue weighted by atomic mass is 16.5. The molecule has 134 valence electrons. The van der Waals surface area contributed by atoms with Crippen LogP contribution in [0.15, 0.2) is 48.7 Å². The standard InChI is InChI=1S/C19H19N3O4/c1-24-16-10-13(11-17(25-2)18(16)26-3)21-19-20-8-7-15(22-19)12-5-4-6-14(23)9-12/h4-11,23H,1-3H3,(H,20,21,22). The number of rotatable bonds is 6. The number of hydrogen-bond acceptors (Lipinski definition) is 7. The van der Waals surface area contributed by atoms with Crippen LogP contribution in [0.1, 0.15) is 0 Å². The molecule has 0 bridgehead atoms. The van der Waals surface area contributed by atoms with Gasteiger partial charge in [0.2, 0.25) is 11.7 Å². The number of phenols is 1. The van der Waals surface area contributed by atoms with Crippen LogP contribution >= 0.6 is 0 Å². The van der Waals surface area contributed by atoms with Crippen molar-refractivity contribution in [1.29, 1.82) is 0 Å². The number of hydrogen-bond donors (Lipinski definition) is 2. The molecule has 0 fully saturated rings. The van der Waals surface area contributed by atoms with Gasteiger partial charge in [-0.25, -0.2) is 9.97 Å². The minimum absolute atomic E-state index is 0.181. The second kappa shape index (κ2) is 7.60. The SMILES string of the molecule is COc1cc(Nc2nccc(-c3cccc(O)c3)n2)cc(OC)c1OC. The van der Waals surface area contributed by atoms with Crippen LogP contribution in [0, 0.1) is 0 Å². The number of benzene rings is 2. The second-order valence-corrected chi connectivity index (χ2v) is 5.35. The number of aromatic nitrogens is 2. The van der Waals surface area contributed by atoms with Gasteiger partial charge in [0.1, 0.15) is 5.75 Å². The third-order valence-electron chi connectivity index (χ3n) is 3.72. The smallest absolute Gasteiger partial charge is 0.227 e. The molecular formula is C19H19N3O4. The van der Waals surface area contributed by atoms with Gasteiger partial charge < -0.3 is 24.6 Å². The van der Waals surface area contributed by atoms with Gasteiger partial charge in [-0.3, -0.25) is 0 Å². The van der Waals surface area contributed by atoms with Gasteiger partial charge in [-0.15, -0.1) is 0 Å². The topological polar surface area (TPSA) is 85.7 Å². The molecule has 26 heavy (non-hydrogen) atoms. The van der Waals surface area contributed by atoms with E-state index >= 15 is 0 Å². The predicted molar refractivity (Wildman–Crippen MR) is 98.5 cm³/mol. The molecule has 0 aliphatic carbocycles. The van der Waals surface area contributed by atoms with Gasteiger partial charge in [0.25, 0.3) is 0 Å². The van der Waals surface area contributed by atoms with Gasteiger partial charge in [0.15, 0.2) is 11.5 Å². The number of nitrogens with zero attached hydrogens (tertiary/aromatic N) is 2. The van der Waals surface area contributed by atoms with Crippen LogP contribution in [0.3, 0.4) is 0 Å². The third kappa shape index (κ3) is 3.61. The van der Waals surface area contributed by atoms with E-state index in [9.17, 15) is 5.11 Å². The van der Waals surface area contributed by atoms with Crippen LogP contribution in [0.2, 0.25) is 0 Å². The van der Waals surface area contributed by atoms with Crippen molar-refractivity contribution in [2.45, 2.75) is 0 Å². The Hall–Kier alpha value is -3.48. The summed E-state index contributed by atoms with van der Waals surface area (Å²) in [4.78, 5) is 8.73. The maximum Gasteiger partial charge on any atom is 0.227 e. The molecule has 0 atom stereocenters. The first-order valence-electron chi connectivity index (χ1n) is 7.84. The van der Waals surface area contributed by atoms with Crippen LogP contribution < -0.4 is 19.5 Å². The Bertz CT molecular complexity index is 890. The molecule has 3 rings (SSSR count). The summed E-state index contributed by atoms with van der Waals surface area (Å²) in [6, 6.07) is 12.2. The first-order chi connectivity index (χ1) is 12.6. The van der Waals surface area contributed by atoms with E-state index < -0.39 is 0 Å². The summed E-state index contributed by atoms with van der Waals surface area (Å²) in [6.45, 7) is 0. The summed E-state index contributed by atoms with van der Waals surface area (Å²) >= 11 is 0. The van der Waals surface area contributed by atoms with Gasteiger partial charge in [0, 0.05) is 29.6 Å². The number of anilines is 2. The zero-order valence-electron chi connectivity index (χ0n) is 14.7. The molecule has 2 aromatic carbocycles. The van der Waals surface area contributed by atoms with Crippen LogP contribution in [-0.2, 0) is 0 Å². The van der Waals surface area contributed by atoms with E-state index in [1.165, 1.54) is 0 Å². The molecule has 3 aromatic rings. The number of methoxy groups -OCH3 is 3. The fraction of sp³-hybridized carbons (Fsp3) is 0.158. The Balaban J connectivity index is 1.93. The maximum absolute atomic E-state index is 9.64. The van der Waals surface area contributed by atoms with Crippen LogP contribution in [0.25, 0.3) is 11.3 Å². The highest BCUT2D eigenvalue weighted by molar-refractivity contribution is 5.67. The number of ether oxygens (including phenoxy) is 3. The van der Waals surface area contributed by atoms with Gasteiger partial charge in [-0.1, -0.05) is 12.1 Å². The Morgan fingerprint density at radius 2 is 1.65 bits per heavy atom. The molecule has 7 heteroatoms. The van der Waals surface area contributed by atoms with E-state index in [4.69, 9.17) is 14.2 Å². The fourth-order valence-corrected chi connectivity index (χ4v) is 2.53. The summed E-state index contributed by atoms with van der Waals surface area (Å²) in [7, 11) is 4.66. The van der Waals surface area contributed by atoms with E-state index in [-0.39, 0.29) is 5.75 Å². The average Bonchev–Trinajstić information content (AvgIpc) is 2.67. The summed E-state index contributed by atoms with van der Waals surface area (Å²) in [5, 5.41) is 12.8. The molecule has 0 aliphatic rings. The number of aromatic hydroxyl groups is 1. The van der Waals surface area contributed by atoms with Crippen molar-refractivity contribution in [2.24, 2.45) is 0 Å². The van der Waals surface area contributed by atoms with Crippen molar-refractivity contribution in [2.75, 3.05) is 26.6 Å². The fourth-order valence-electron chi connectivity index (χ4n) is 2.53. The predicted octanol–water partition coefficient (Wildman–Crippen LogP) is 3.62. The van der Waals surface area contributed by atoms with Gasteiger partial charge in [-0.2, -0.15) is 0 Å². The molecular weight excluding hydrogens is 334 g/mol. The van der Waals surface area contributed by atoms with Gasteiger partial charge >= 0.3 is 0 Å². The third-order valence-corrected chi connectivity index (χ3v) is 3.72. The zero-order valence-corrected chi connectivity index (χ0v) is 14.7. The van der Waals surface area contributed by atoms with E-state index in [2.05, 4.69) is 15.3 Å². The molecule has 1 heterocycles. The molecule has 0 spiro atoms. The van der Waals surface area contributed by atoms with E-state index in [0.717, 1.165) is 5.56 Å². The lowest BCUT2D eigenvalue weighted by Gasteiger charge is -2.14. The van der Waals surface area contributed by atoms with Crippen molar-refractivity contribution in [1.82, 2.24) is 9.97 Å². The lowest BCUT2D eigenvalue weighted by molar-refractivity contribution is 0.324. The summed E-state index contributed by atoms with van der Waals surface area (Å²) < 4.78 is 16.0. The maximum atomic E-state index is 9.64. The normalized spacial score (nSPS) is 10.3. The Labute approximate surface area is 151 Å². The molecule has 0 amide bonds. The average molecular weight is 353 g/mol. The molecule has 0 saturated heterocycles. The highest BCUT2D eigenvalue weighted by Gasteiger charge is 2.14. The molecule has 0 radical (unpaired) electrons. The highest BCUT2D eigenvalue weighted by Crippen LogP contribution is 2.40. The summed E-state index contributed by atoms with van der Waals surface area (Å²) in [5.74, 6) is 2.15. The van der Waals surface area contributed by atoms with Gasteiger partial charge in [0.05, 0.1) is 27.0 Å². The summed E-state index contributed by atoms with van der Waals surface area (Å²) in [5.41, 5.74) is 2.17. The van der Waals surface area contributed by atoms with Crippen molar-refractivity contribution < 1.29 is 19.3 Å². The first-order valence-corrected chi connectivity index (χ1v) is 7.84. The number of nitrogens with one attached hydrogen (secondary N) is 1. The van der Waals surface area contributed by atoms with Crippen LogP contribution in [-0.4, -0.2) is 36.4 Å². The first kappa shape index (κ1) is 17.3. The molecule has 1 aromatic heterocycles. The van der Waals surface area contributed by atoms with E-state index in [0.29, 0.717) is 34.6 Å². The Morgan fingerprint density at radius 3 is 2.27 bits per heavy atom. The zero-order chi connectivity index (χ0) is 18.5. The quantitative estimate of drug-likeness (QED) is 0.700. The Kier molecular flexibility index (Phi) is 5.07. The molecule has 2 N–H and O–H groups in total. The van der Waals surface area contributed by atoms with Crippen molar-refractivity contribution >= 4 is 11.6 Å². The van der Waals surface area contributed by atoms with Crippen LogP contribution in [0.5, 0.6) is 23.0 Å². The molecule has 0 aliphatic heterocycles. The van der Waals surface area contributed by atoms with Crippen molar-refractivity contribution in [3.05, 3.63) is 48.7 Å². The largest absolute Gasteiger partial charge is 0.508 e. The minimum Gasteiger partial charge on any atom is -0.508 e. The monoisotopic (exact) mass is 353 g/mol. The van der Waals surface area contributed by atoms with Crippen molar-refractivity contribution in [3.8, 4) is 34.3 Å². The van der Waals surface area contributed by atoms with Crippen LogP contribution in [0.4, 0.5) is 11.6 Å². The van der Waals surface area contributed by atoms with Crippen molar-refractivity contribution in [3.63, 3.8) is 0 Å². The number of phenolic OH excluding ortho intramolecular Hbond substituents is 1. The Morgan fingerprint density at radius 1 is 0.923 bits per heavy atom. The van der Waals surface area contributed by atoms with E-state index in [1.54, 1.807) is 63.9 Å². The lowest BCUT2D eigenvalue weighted by atomic mass is 10.1.